The maximum atomic E-state index is 2.64. The SMILES string of the molecule is CN1CCN(c2ccccc2)C2CCCCC21. The fourth-order valence-corrected chi connectivity index (χ4v) is 3.51. The van der Waals surface area contributed by atoms with E-state index in [1.807, 2.05) is 0 Å². The third-order valence-electron chi connectivity index (χ3n) is 4.44. The minimum absolute atomic E-state index is 0.741. The summed E-state index contributed by atoms with van der Waals surface area (Å²) in [7, 11) is 2.30. The first kappa shape index (κ1) is 11.1. The molecule has 2 fully saturated rings. The number of rotatable bonds is 1. The molecule has 2 atom stereocenters. The molecule has 1 heterocycles. The molecule has 0 aromatic heterocycles. The van der Waals surface area contributed by atoms with Crippen LogP contribution in [0.3, 0.4) is 0 Å². The van der Waals surface area contributed by atoms with Gasteiger partial charge in [-0.3, -0.25) is 4.90 Å². The van der Waals surface area contributed by atoms with E-state index in [0.29, 0.717) is 0 Å². The van der Waals surface area contributed by atoms with Gasteiger partial charge in [0.15, 0.2) is 0 Å². The normalized spacial score (nSPS) is 30.1. The van der Waals surface area contributed by atoms with Crippen LogP contribution in [0.4, 0.5) is 5.69 Å². The molecule has 92 valence electrons. The van der Waals surface area contributed by atoms with Crippen molar-refractivity contribution in [2.24, 2.45) is 0 Å². The number of piperazine rings is 1. The summed E-state index contributed by atoms with van der Waals surface area (Å²) in [6, 6.07) is 12.5. The molecule has 0 radical (unpaired) electrons. The van der Waals surface area contributed by atoms with Crippen LogP contribution in [0.5, 0.6) is 0 Å². The van der Waals surface area contributed by atoms with Crippen LogP contribution in [0, 0.1) is 0 Å². The predicted octanol–water partition coefficient (Wildman–Crippen LogP) is 2.75. The van der Waals surface area contributed by atoms with Gasteiger partial charge in [-0.05, 0) is 32.0 Å². The van der Waals surface area contributed by atoms with Gasteiger partial charge in [0.25, 0.3) is 0 Å². The highest BCUT2D eigenvalue weighted by molar-refractivity contribution is 5.48. The van der Waals surface area contributed by atoms with Crippen molar-refractivity contribution >= 4 is 5.69 Å². The fraction of sp³-hybridized carbons (Fsp3) is 0.600. The van der Waals surface area contributed by atoms with Crippen LogP contribution in [-0.4, -0.2) is 37.1 Å². The fourth-order valence-electron chi connectivity index (χ4n) is 3.51. The van der Waals surface area contributed by atoms with Crippen molar-refractivity contribution in [2.75, 3.05) is 25.0 Å². The van der Waals surface area contributed by atoms with Crippen molar-refractivity contribution in [2.45, 2.75) is 37.8 Å². The molecule has 2 nitrogen and oxygen atoms in total. The second-order valence-electron chi connectivity index (χ2n) is 5.43. The monoisotopic (exact) mass is 230 g/mol. The van der Waals surface area contributed by atoms with Gasteiger partial charge in [-0.25, -0.2) is 0 Å². The van der Waals surface area contributed by atoms with E-state index in [1.54, 1.807) is 0 Å². The van der Waals surface area contributed by atoms with E-state index in [9.17, 15) is 0 Å². The van der Waals surface area contributed by atoms with Crippen LogP contribution >= 0.6 is 0 Å². The van der Waals surface area contributed by atoms with Gasteiger partial charge < -0.3 is 4.90 Å². The lowest BCUT2D eigenvalue weighted by Gasteiger charge is -2.49. The molecule has 0 bridgehead atoms. The molecule has 2 heteroatoms. The van der Waals surface area contributed by atoms with Crippen LogP contribution in [-0.2, 0) is 0 Å². The summed E-state index contributed by atoms with van der Waals surface area (Å²) >= 11 is 0. The Hall–Kier alpha value is -1.02. The van der Waals surface area contributed by atoms with Gasteiger partial charge in [0.05, 0.1) is 0 Å². The summed E-state index contributed by atoms with van der Waals surface area (Å²) < 4.78 is 0. The van der Waals surface area contributed by atoms with Crippen molar-refractivity contribution in [1.29, 1.82) is 0 Å². The van der Waals surface area contributed by atoms with E-state index in [-0.39, 0.29) is 0 Å². The van der Waals surface area contributed by atoms with Gasteiger partial charge in [-0.2, -0.15) is 0 Å². The Balaban J connectivity index is 1.85. The summed E-state index contributed by atoms with van der Waals surface area (Å²) in [6.45, 7) is 2.39. The molecule has 0 N–H and O–H groups in total. The first-order valence-electron chi connectivity index (χ1n) is 6.88. The zero-order valence-corrected chi connectivity index (χ0v) is 10.7. The molecule has 0 spiro atoms. The molecule has 1 saturated carbocycles. The molecular weight excluding hydrogens is 208 g/mol. The lowest BCUT2D eigenvalue weighted by atomic mass is 9.86. The van der Waals surface area contributed by atoms with Crippen LogP contribution in [0.15, 0.2) is 30.3 Å². The predicted molar refractivity (Wildman–Crippen MR) is 72.5 cm³/mol. The van der Waals surface area contributed by atoms with Gasteiger partial charge in [-0.15, -0.1) is 0 Å². The maximum absolute atomic E-state index is 2.64. The van der Waals surface area contributed by atoms with E-state index < -0.39 is 0 Å². The number of hydrogen-bond acceptors (Lipinski definition) is 2. The van der Waals surface area contributed by atoms with Crippen molar-refractivity contribution in [3.05, 3.63) is 30.3 Å². The number of hydrogen-bond donors (Lipinski definition) is 0. The summed E-state index contributed by atoms with van der Waals surface area (Å²) in [6.07, 6.45) is 5.56. The third-order valence-corrected chi connectivity index (χ3v) is 4.44. The zero-order valence-electron chi connectivity index (χ0n) is 10.7. The molecule has 1 saturated heterocycles. The lowest BCUT2D eigenvalue weighted by Crippen LogP contribution is -2.59. The molecule has 1 aromatic carbocycles. The lowest BCUT2D eigenvalue weighted by molar-refractivity contribution is 0.136. The van der Waals surface area contributed by atoms with E-state index in [0.717, 1.165) is 12.1 Å². The Kier molecular flexibility index (Phi) is 3.06. The number of likely N-dealkylation sites (N-methyl/N-ethyl adjacent to an activating group) is 1. The third kappa shape index (κ3) is 2.06. The summed E-state index contributed by atoms with van der Waals surface area (Å²) in [5.74, 6) is 0. The molecule has 2 aliphatic rings. The summed E-state index contributed by atoms with van der Waals surface area (Å²) in [4.78, 5) is 5.22. The second-order valence-corrected chi connectivity index (χ2v) is 5.43. The average molecular weight is 230 g/mol. The molecule has 17 heavy (non-hydrogen) atoms. The Labute approximate surface area is 104 Å². The van der Waals surface area contributed by atoms with Crippen molar-refractivity contribution in [3.63, 3.8) is 0 Å². The standard InChI is InChI=1S/C15H22N2/c1-16-11-12-17(13-7-3-2-4-8-13)15-10-6-5-9-14(15)16/h2-4,7-8,14-15H,5-6,9-12H2,1H3. The van der Waals surface area contributed by atoms with Crippen LogP contribution in [0.1, 0.15) is 25.7 Å². The first-order chi connectivity index (χ1) is 8.36. The first-order valence-corrected chi connectivity index (χ1v) is 6.88. The van der Waals surface area contributed by atoms with Crippen molar-refractivity contribution in [3.8, 4) is 0 Å². The zero-order chi connectivity index (χ0) is 11.7. The molecule has 1 aliphatic carbocycles. The van der Waals surface area contributed by atoms with Gasteiger partial charge in [0.2, 0.25) is 0 Å². The Morgan fingerprint density at radius 3 is 2.41 bits per heavy atom. The maximum Gasteiger partial charge on any atom is 0.0445 e. The van der Waals surface area contributed by atoms with Crippen LogP contribution in [0.25, 0.3) is 0 Å². The Morgan fingerprint density at radius 1 is 0.941 bits per heavy atom. The van der Waals surface area contributed by atoms with E-state index in [2.05, 4.69) is 47.2 Å². The second kappa shape index (κ2) is 4.69. The minimum Gasteiger partial charge on any atom is -0.366 e. The minimum atomic E-state index is 0.741. The molecule has 2 unspecified atom stereocenters. The van der Waals surface area contributed by atoms with Crippen LogP contribution in [0.2, 0.25) is 0 Å². The highest BCUT2D eigenvalue weighted by atomic mass is 15.3. The number of fused-ring (bicyclic) bond motifs is 1. The van der Waals surface area contributed by atoms with Crippen molar-refractivity contribution in [1.82, 2.24) is 4.90 Å². The van der Waals surface area contributed by atoms with Gasteiger partial charge >= 0.3 is 0 Å². The number of benzene rings is 1. The number of nitrogens with zero attached hydrogens (tertiary/aromatic N) is 2. The molecule has 0 amide bonds. The Morgan fingerprint density at radius 2 is 1.65 bits per heavy atom. The number of anilines is 1. The van der Waals surface area contributed by atoms with Gasteiger partial charge in [0, 0.05) is 30.9 Å². The number of para-hydroxylation sites is 1. The topological polar surface area (TPSA) is 6.48 Å². The van der Waals surface area contributed by atoms with Gasteiger partial charge in [-0.1, -0.05) is 31.0 Å². The Bertz CT molecular complexity index is 362. The van der Waals surface area contributed by atoms with Gasteiger partial charge in [0.1, 0.15) is 0 Å². The largest absolute Gasteiger partial charge is 0.366 e. The highest BCUT2D eigenvalue weighted by Gasteiger charge is 2.36. The quantitative estimate of drug-likeness (QED) is 0.732. The van der Waals surface area contributed by atoms with Crippen LogP contribution < -0.4 is 4.90 Å². The van der Waals surface area contributed by atoms with E-state index in [1.165, 1.54) is 44.5 Å². The smallest absolute Gasteiger partial charge is 0.0445 e. The summed E-state index contributed by atoms with van der Waals surface area (Å²) in [5, 5.41) is 0. The molecular formula is C15H22N2. The van der Waals surface area contributed by atoms with E-state index in [4.69, 9.17) is 0 Å². The molecule has 3 rings (SSSR count). The molecule has 1 aliphatic heterocycles. The average Bonchev–Trinajstić information content (AvgIpc) is 2.41. The molecule has 1 aromatic rings. The summed E-state index contributed by atoms with van der Waals surface area (Å²) in [5.41, 5.74) is 1.41. The highest BCUT2D eigenvalue weighted by Crippen LogP contribution is 2.32. The van der Waals surface area contributed by atoms with Crippen molar-refractivity contribution < 1.29 is 0 Å². The van der Waals surface area contributed by atoms with E-state index >= 15 is 0 Å².